The van der Waals surface area contributed by atoms with E-state index in [9.17, 15) is 4.79 Å². The van der Waals surface area contributed by atoms with E-state index in [1.165, 1.54) is 12.0 Å². The maximum Gasteiger partial charge on any atom is 0.255 e. The fourth-order valence-electron chi connectivity index (χ4n) is 4.10. The van der Waals surface area contributed by atoms with Crippen molar-refractivity contribution in [1.29, 1.82) is 0 Å². The van der Waals surface area contributed by atoms with Crippen molar-refractivity contribution in [2.24, 2.45) is 13.0 Å². The van der Waals surface area contributed by atoms with E-state index in [1.807, 2.05) is 49.1 Å². The number of nitrogens with one attached hydrogen (secondary N) is 1. The van der Waals surface area contributed by atoms with E-state index in [4.69, 9.17) is 0 Å². The van der Waals surface area contributed by atoms with Gasteiger partial charge in [-0.2, -0.15) is 5.10 Å². The molecule has 6 nitrogen and oxygen atoms in total. The van der Waals surface area contributed by atoms with Crippen molar-refractivity contribution in [3.8, 4) is 0 Å². The molecule has 2 atom stereocenters. The Morgan fingerprint density at radius 2 is 2.28 bits per heavy atom. The van der Waals surface area contributed by atoms with Crippen LogP contribution in [0.1, 0.15) is 47.4 Å². The van der Waals surface area contributed by atoms with Crippen LogP contribution in [0.25, 0.3) is 0 Å². The van der Waals surface area contributed by atoms with Crippen molar-refractivity contribution >= 4 is 5.91 Å². The van der Waals surface area contributed by atoms with Gasteiger partial charge in [-0.1, -0.05) is 6.92 Å². The average molecular weight is 343 g/mol. The van der Waals surface area contributed by atoms with Crippen LogP contribution in [-0.4, -0.2) is 57.2 Å². The molecule has 136 valence electrons. The number of carbonyl (C=O) groups excluding carboxylic acids is 1. The second-order valence-corrected chi connectivity index (χ2v) is 7.13. The maximum absolute atomic E-state index is 12.8. The fraction of sp³-hybridized carbons (Fsp3) is 0.579. The van der Waals surface area contributed by atoms with E-state index in [1.54, 1.807) is 0 Å². The second kappa shape index (κ2) is 7.44. The number of amides is 1. The molecule has 1 N–H and O–H groups in total. The van der Waals surface area contributed by atoms with E-state index in [2.05, 4.69) is 28.1 Å². The van der Waals surface area contributed by atoms with Crippen LogP contribution in [0.5, 0.6) is 0 Å². The van der Waals surface area contributed by atoms with E-state index in [-0.39, 0.29) is 5.91 Å². The second-order valence-electron chi connectivity index (χ2n) is 7.13. The van der Waals surface area contributed by atoms with Gasteiger partial charge < -0.3 is 9.88 Å². The lowest BCUT2D eigenvalue weighted by molar-refractivity contribution is 0.0588. The topological polar surface area (TPSA) is 57.2 Å². The van der Waals surface area contributed by atoms with Crippen LogP contribution >= 0.6 is 0 Å². The molecule has 1 aliphatic rings. The number of hydrogen-bond donors (Lipinski definition) is 1. The number of carbonyl (C=O) groups is 1. The lowest BCUT2D eigenvalue weighted by atomic mass is 9.85. The van der Waals surface area contributed by atoms with Gasteiger partial charge in [0.1, 0.15) is 0 Å². The van der Waals surface area contributed by atoms with Crippen molar-refractivity contribution in [1.82, 2.24) is 24.6 Å². The van der Waals surface area contributed by atoms with Crippen LogP contribution < -0.4 is 0 Å². The predicted octanol–water partition coefficient (Wildman–Crippen LogP) is 2.60. The first kappa shape index (κ1) is 17.7. The lowest BCUT2D eigenvalue weighted by Gasteiger charge is -2.42. The molecule has 1 fully saturated rings. The highest BCUT2D eigenvalue weighted by Crippen LogP contribution is 2.36. The lowest BCUT2D eigenvalue weighted by Crippen LogP contribution is -2.43. The standard InChI is InChI=1S/C19H29N5O/c1-5-24-10-6-7-15(18(24)16-11-21-23(4)13-16)12-22(3)19(25)17-8-9-20-14(17)2/h8-9,11,13,15,18,20H,5-7,10,12H2,1-4H3/t15-,18+/m0/s1. The molecule has 1 aliphatic heterocycles. The highest BCUT2D eigenvalue weighted by molar-refractivity contribution is 5.95. The molecule has 2 aromatic heterocycles. The molecular weight excluding hydrogens is 314 g/mol. The summed E-state index contributed by atoms with van der Waals surface area (Å²) in [7, 11) is 3.88. The summed E-state index contributed by atoms with van der Waals surface area (Å²) >= 11 is 0. The van der Waals surface area contributed by atoms with Crippen LogP contribution in [0.2, 0.25) is 0 Å². The summed E-state index contributed by atoms with van der Waals surface area (Å²) in [4.78, 5) is 20.3. The van der Waals surface area contributed by atoms with E-state index in [0.717, 1.165) is 37.3 Å². The van der Waals surface area contributed by atoms with Gasteiger partial charge in [0.2, 0.25) is 0 Å². The van der Waals surface area contributed by atoms with Crippen molar-refractivity contribution in [3.63, 3.8) is 0 Å². The van der Waals surface area contributed by atoms with Gasteiger partial charge in [0.05, 0.1) is 11.8 Å². The molecule has 3 heterocycles. The molecule has 3 rings (SSSR count). The van der Waals surface area contributed by atoms with Crippen LogP contribution in [0.4, 0.5) is 0 Å². The molecule has 1 saturated heterocycles. The summed E-state index contributed by atoms with van der Waals surface area (Å²) in [6.07, 6.45) is 8.24. The van der Waals surface area contributed by atoms with Crippen LogP contribution in [0.3, 0.4) is 0 Å². The van der Waals surface area contributed by atoms with Crippen molar-refractivity contribution < 1.29 is 4.79 Å². The van der Waals surface area contributed by atoms with Gasteiger partial charge in [0, 0.05) is 50.3 Å². The monoisotopic (exact) mass is 343 g/mol. The molecule has 0 bridgehead atoms. The molecule has 0 radical (unpaired) electrons. The van der Waals surface area contributed by atoms with Crippen LogP contribution in [0, 0.1) is 12.8 Å². The summed E-state index contributed by atoms with van der Waals surface area (Å²) in [6, 6.07) is 2.20. The number of piperidine rings is 1. The Kier molecular flexibility index (Phi) is 5.27. The highest BCUT2D eigenvalue weighted by Gasteiger charge is 2.34. The zero-order valence-corrected chi connectivity index (χ0v) is 15.7. The number of likely N-dealkylation sites (tertiary alicyclic amines) is 1. The Bertz CT molecular complexity index is 719. The average Bonchev–Trinajstić information content (AvgIpc) is 3.22. The molecule has 0 aliphatic carbocycles. The van der Waals surface area contributed by atoms with E-state index in [0.29, 0.717) is 12.0 Å². The molecule has 1 amide bonds. The third kappa shape index (κ3) is 3.63. The molecular formula is C19H29N5O. The first-order chi connectivity index (χ1) is 12.0. The molecule has 0 saturated carbocycles. The first-order valence-electron chi connectivity index (χ1n) is 9.13. The van der Waals surface area contributed by atoms with Gasteiger partial charge in [0.15, 0.2) is 0 Å². The van der Waals surface area contributed by atoms with E-state index >= 15 is 0 Å². The zero-order chi connectivity index (χ0) is 18.0. The van der Waals surface area contributed by atoms with Crippen LogP contribution in [-0.2, 0) is 7.05 Å². The maximum atomic E-state index is 12.8. The number of H-pyrrole nitrogens is 1. The van der Waals surface area contributed by atoms with Crippen molar-refractivity contribution in [2.75, 3.05) is 26.7 Å². The third-order valence-electron chi connectivity index (χ3n) is 5.37. The Hall–Kier alpha value is -2.08. The first-order valence-corrected chi connectivity index (χ1v) is 9.13. The zero-order valence-electron chi connectivity index (χ0n) is 15.7. The minimum Gasteiger partial charge on any atom is -0.365 e. The summed E-state index contributed by atoms with van der Waals surface area (Å²) in [5.74, 6) is 0.517. The van der Waals surface area contributed by atoms with Gasteiger partial charge in [0.25, 0.3) is 5.91 Å². The number of hydrogen-bond acceptors (Lipinski definition) is 3. The number of nitrogens with zero attached hydrogens (tertiary/aromatic N) is 4. The largest absolute Gasteiger partial charge is 0.365 e. The van der Waals surface area contributed by atoms with Gasteiger partial charge in [-0.3, -0.25) is 14.4 Å². The number of aryl methyl sites for hydroxylation is 2. The van der Waals surface area contributed by atoms with Gasteiger partial charge in [-0.15, -0.1) is 0 Å². The summed E-state index contributed by atoms with van der Waals surface area (Å²) in [5.41, 5.74) is 2.95. The van der Waals surface area contributed by atoms with Gasteiger partial charge in [-0.25, -0.2) is 0 Å². The molecule has 0 unspecified atom stereocenters. The SMILES string of the molecule is CCN1CCC[C@@H](CN(C)C(=O)c2cc[nH]c2C)[C@@H]1c1cnn(C)c1. The quantitative estimate of drug-likeness (QED) is 0.908. The van der Waals surface area contributed by atoms with E-state index < -0.39 is 0 Å². The third-order valence-corrected chi connectivity index (χ3v) is 5.37. The van der Waals surface area contributed by atoms with Gasteiger partial charge >= 0.3 is 0 Å². The summed E-state index contributed by atoms with van der Waals surface area (Å²) < 4.78 is 1.87. The molecule has 2 aromatic rings. The minimum absolute atomic E-state index is 0.0947. The van der Waals surface area contributed by atoms with Crippen molar-refractivity contribution in [3.05, 3.63) is 41.5 Å². The molecule has 6 heteroatoms. The van der Waals surface area contributed by atoms with Gasteiger partial charge in [-0.05, 0) is 44.8 Å². The van der Waals surface area contributed by atoms with Crippen molar-refractivity contribution in [2.45, 2.75) is 32.7 Å². The minimum atomic E-state index is 0.0947. The number of aromatic amines is 1. The number of rotatable bonds is 5. The normalized spacial score (nSPS) is 21.4. The smallest absolute Gasteiger partial charge is 0.255 e. The predicted molar refractivity (Wildman–Crippen MR) is 98.4 cm³/mol. The summed E-state index contributed by atoms with van der Waals surface area (Å²) in [6.45, 7) is 7.05. The Balaban J connectivity index is 1.78. The Morgan fingerprint density at radius 3 is 2.88 bits per heavy atom. The number of aromatic nitrogens is 3. The molecule has 0 aromatic carbocycles. The Labute approximate surface area is 149 Å². The fourth-order valence-corrected chi connectivity index (χ4v) is 4.10. The highest BCUT2D eigenvalue weighted by atomic mass is 16.2. The molecule has 25 heavy (non-hydrogen) atoms. The van der Waals surface area contributed by atoms with Crippen LogP contribution in [0.15, 0.2) is 24.7 Å². The molecule has 0 spiro atoms. The summed E-state index contributed by atoms with van der Waals surface area (Å²) in [5, 5.41) is 4.37. The Morgan fingerprint density at radius 1 is 1.48 bits per heavy atom.